The highest BCUT2D eigenvalue weighted by molar-refractivity contribution is 5.10. The smallest absolute Gasteiger partial charge is 0.0596 e. The van der Waals surface area contributed by atoms with E-state index in [1.165, 1.54) is 18.5 Å². The SMILES string of the molecule is CCOC1CC(CC(N)Cc2cc(C)nn2C)C1. The molecule has 1 unspecified atom stereocenters. The molecule has 0 bridgehead atoms. The highest BCUT2D eigenvalue weighted by atomic mass is 16.5. The molecule has 1 aromatic rings. The minimum absolute atomic E-state index is 0.243. The average molecular weight is 251 g/mol. The first-order valence-corrected chi connectivity index (χ1v) is 6.95. The summed E-state index contributed by atoms with van der Waals surface area (Å²) in [6.45, 7) is 4.91. The van der Waals surface area contributed by atoms with Crippen molar-refractivity contribution in [2.45, 2.75) is 51.7 Å². The van der Waals surface area contributed by atoms with E-state index in [0.717, 1.165) is 31.1 Å². The second-order valence-corrected chi connectivity index (χ2v) is 5.52. The van der Waals surface area contributed by atoms with Gasteiger partial charge in [-0.1, -0.05) is 0 Å². The van der Waals surface area contributed by atoms with Crippen LogP contribution in [0.1, 0.15) is 37.6 Å². The van der Waals surface area contributed by atoms with Gasteiger partial charge in [0.15, 0.2) is 0 Å². The zero-order chi connectivity index (χ0) is 13.1. The van der Waals surface area contributed by atoms with E-state index in [9.17, 15) is 0 Å². The standard InChI is InChI=1S/C14H25N3O/c1-4-18-14-7-11(8-14)6-12(15)9-13-5-10(2)16-17(13)3/h5,11-12,14H,4,6-9,15H2,1-3H3. The summed E-state index contributed by atoms with van der Waals surface area (Å²) >= 11 is 0. The Balaban J connectivity index is 1.73. The van der Waals surface area contributed by atoms with Gasteiger partial charge in [-0.3, -0.25) is 4.68 Å². The van der Waals surface area contributed by atoms with Gasteiger partial charge in [0.2, 0.25) is 0 Å². The summed E-state index contributed by atoms with van der Waals surface area (Å²) in [5.74, 6) is 0.755. The molecule has 1 aliphatic carbocycles. The summed E-state index contributed by atoms with van der Waals surface area (Å²) in [6, 6.07) is 2.37. The van der Waals surface area contributed by atoms with Gasteiger partial charge in [-0.2, -0.15) is 5.10 Å². The van der Waals surface area contributed by atoms with Gasteiger partial charge in [-0.05, 0) is 45.1 Å². The van der Waals surface area contributed by atoms with Crippen LogP contribution in [-0.2, 0) is 18.2 Å². The van der Waals surface area contributed by atoms with E-state index in [1.54, 1.807) is 0 Å². The van der Waals surface area contributed by atoms with Crippen LogP contribution in [0.5, 0.6) is 0 Å². The Morgan fingerprint density at radius 2 is 2.28 bits per heavy atom. The van der Waals surface area contributed by atoms with Crippen LogP contribution in [0.3, 0.4) is 0 Å². The monoisotopic (exact) mass is 251 g/mol. The van der Waals surface area contributed by atoms with Gasteiger partial charge < -0.3 is 10.5 Å². The van der Waals surface area contributed by atoms with Crippen LogP contribution in [0.4, 0.5) is 0 Å². The van der Waals surface area contributed by atoms with Crippen LogP contribution in [0, 0.1) is 12.8 Å². The summed E-state index contributed by atoms with van der Waals surface area (Å²) in [6.07, 6.45) is 4.89. The maximum absolute atomic E-state index is 6.23. The molecule has 1 heterocycles. The first-order chi connectivity index (χ1) is 8.58. The Morgan fingerprint density at radius 1 is 1.56 bits per heavy atom. The Morgan fingerprint density at radius 3 is 2.83 bits per heavy atom. The number of nitrogens with two attached hydrogens (primary N) is 1. The molecule has 1 aromatic heterocycles. The lowest BCUT2D eigenvalue weighted by Gasteiger charge is -2.36. The molecule has 0 amide bonds. The van der Waals surface area contributed by atoms with Crippen molar-refractivity contribution in [2.24, 2.45) is 18.7 Å². The number of hydrogen-bond donors (Lipinski definition) is 1. The van der Waals surface area contributed by atoms with E-state index in [0.29, 0.717) is 6.10 Å². The molecule has 0 radical (unpaired) electrons. The summed E-state index contributed by atoms with van der Waals surface area (Å²) in [5, 5.41) is 4.35. The number of rotatable bonds is 6. The lowest BCUT2D eigenvalue weighted by molar-refractivity contribution is -0.0281. The van der Waals surface area contributed by atoms with Crippen molar-refractivity contribution in [1.29, 1.82) is 0 Å². The quantitative estimate of drug-likeness (QED) is 0.839. The van der Waals surface area contributed by atoms with Crippen LogP contribution >= 0.6 is 0 Å². The Bertz CT molecular complexity index is 382. The van der Waals surface area contributed by atoms with Crippen molar-refractivity contribution < 1.29 is 4.74 Å². The second kappa shape index (κ2) is 5.85. The minimum Gasteiger partial charge on any atom is -0.378 e. The third-order valence-electron chi connectivity index (χ3n) is 3.80. The van der Waals surface area contributed by atoms with Crippen molar-refractivity contribution in [3.8, 4) is 0 Å². The predicted molar refractivity (Wildman–Crippen MR) is 72.4 cm³/mol. The van der Waals surface area contributed by atoms with Gasteiger partial charge in [0.1, 0.15) is 0 Å². The third-order valence-corrected chi connectivity index (χ3v) is 3.80. The van der Waals surface area contributed by atoms with Crippen LogP contribution < -0.4 is 5.73 Å². The molecule has 2 N–H and O–H groups in total. The first-order valence-electron chi connectivity index (χ1n) is 6.95. The lowest BCUT2D eigenvalue weighted by Crippen LogP contribution is -2.36. The zero-order valence-corrected chi connectivity index (χ0v) is 11.7. The molecule has 0 aliphatic heterocycles. The number of ether oxygens (including phenoxy) is 1. The van der Waals surface area contributed by atoms with E-state index >= 15 is 0 Å². The number of hydrogen-bond acceptors (Lipinski definition) is 3. The maximum atomic E-state index is 6.23. The molecule has 0 spiro atoms. The topological polar surface area (TPSA) is 53.1 Å². The van der Waals surface area contributed by atoms with Gasteiger partial charge in [0, 0.05) is 31.8 Å². The second-order valence-electron chi connectivity index (χ2n) is 5.52. The maximum Gasteiger partial charge on any atom is 0.0596 e. The van der Waals surface area contributed by atoms with Crippen molar-refractivity contribution in [3.63, 3.8) is 0 Å². The van der Waals surface area contributed by atoms with Crippen LogP contribution in [0.25, 0.3) is 0 Å². The predicted octanol–water partition coefficient (Wildman–Crippen LogP) is 1.80. The zero-order valence-electron chi connectivity index (χ0n) is 11.7. The van der Waals surface area contributed by atoms with E-state index in [-0.39, 0.29) is 6.04 Å². The van der Waals surface area contributed by atoms with E-state index < -0.39 is 0 Å². The molecule has 4 nitrogen and oxygen atoms in total. The van der Waals surface area contributed by atoms with Gasteiger partial charge in [-0.25, -0.2) is 0 Å². The van der Waals surface area contributed by atoms with Crippen molar-refractivity contribution in [3.05, 3.63) is 17.5 Å². The molecular weight excluding hydrogens is 226 g/mol. The van der Waals surface area contributed by atoms with E-state index in [2.05, 4.69) is 18.1 Å². The molecular formula is C14H25N3O. The Labute approximate surface area is 110 Å². The first kappa shape index (κ1) is 13.6. The molecule has 4 heteroatoms. The van der Waals surface area contributed by atoms with Crippen LogP contribution in [0.15, 0.2) is 6.07 Å². The molecule has 1 fully saturated rings. The van der Waals surface area contributed by atoms with Crippen molar-refractivity contribution in [2.75, 3.05) is 6.61 Å². The van der Waals surface area contributed by atoms with Crippen molar-refractivity contribution in [1.82, 2.24) is 9.78 Å². The fraction of sp³-hybridized carbons (Fsp3) is 0.786. The molecule has 1 atom stereocenters. The summed E-state index contributed by atoms with van der Waals surface area (Å²) in [4.78, 5) is 0. The number of aryl methyl sites for hydroxylation is 2. The Hall–Kier alpha value is -0.870. The van der Waals surface area contributed by atoms with E-state index in [1.807, 2.05) is 18.7 Å². The van der Waals surface area contributed by atoms with Gasteiger partial charge in [-0.15, -0.1) is 0 Å². The van der Waals surface area contributed by atoms with Crippen molar-refractivity contribution >= 4 is 0 Å². The largest absolute Gasteiger partial charge is 0.378 e. The average Bonchev–Trinajstić information content (AvgIpc) is 2.54. The third kappa shape index (κ3) is 3.33. The van der Waals surface area contributed by atoms with Gasteiger partial charge in [0.25, 0.3) is 0 Å². The molecule has 1 aliphatic rings. The highest BCUT2D eigenvalue weighted by Gasteiger charge is 2.30. The molecule has 0 saturated heterocycles. The van der Waals surface area contributed by atoms with Crippen LogP contribution in [-0.4, -0.2) is 28.5 Å². The molecule has 1 saturated carbocycles. The van der Waals surface area contributed by atoms with Gasteiger partial charge >= 0.3 is 0 Å². The van der Waals surface area contributed by atoms with Crippen LogP contribution in [0.2, 0.25) is 0 Å². The van der Waals surface area contributed by atoms with Gasteiger partial charge in [0.05, 0.1) is 11.8 Å². The molecule has 18 heavy (non-hydrogen) atoms. The van der Waals surface area contributed by atoms with E-state index in [4.69, 9.17) is 10.5 Å². The number of nitrogens with zero attached hydrogens (tertiary/aromatic N) is 2. The summed E-state index contributed by atoms with van der Waals surface area (Å²) < 4.78 is 7.52. The Kier molecular flexibility index (Phi) is 4.40. The fourth-order valence-electron chi connectivity index (χ4n) is 2.87. The minimum atomic E-state index is 0.243. The molecule has 2 rings (SSSR count). The number of aromatic nitrogens is 2. The normalized spacial score (nSPS) is 24.9. The highest BCUT2D eigenvalue weighted by Crippen LogP contribution is 2.33. The molecule has 0 aromatic carbocycles. The summed E-state index contributed by atoms with van der Waals surface area (Å²) in [7, 11) is 1.99. The summed E-state index contributed by atoms with van der Waals surface area (Å²) in [5.41, 5.74) is 8.54. The lowest BCUT2D eigenvalue weighted by atomic mass is 9.78. The molecule has 102 valence electrons. The fourth-order valence-corrected chi connectivity index (χ4v) is 2.87.